The van der Waals surface area contributed by atoms with E-state index in [1.807, 2.05) is 13.0 Å². The lowest BCUT2D eigenvalue weighted by molar-refractivity contribution is -0.137. The van der Waals surface area contributed by atoms with Gasteiger partial charge in [-0.3, -0.25) is 4.79 Å². The summed E-state index contributed by atoms with van der Waals surface area (Å²) in [5.41, 5.74) is 0.168. The van der Waals surface area contributed by atoms with Crippen molar-refractivity contribution in [3.63, 3.8) is 0 Å². The Kier molecular flexibility index (Phi) is 6.93. The fourth-order valence-electron chi connectivity index (χ4n) is 3.76. The molecule has 2 aromatic carbocycles. The minimum absolute atomic E-state index is 0.0836. The molecule has 158 valence electrons. The van der Waals surface area contributed by atoms with Crippen molar-refractivity contribution in [2.75, 3.05) is 13.1 Å². The van der Waals surface area contributed by atoms with Crippen LogP contribution in [0.15, 0.2) is 42.5 Å². The quantitative estimate of drug-likeness (QED) is 0.548. The predicted octanol–water partition coefficient (Wildman–Crippen LogP) is 5.61. The predicted molar refractivity (Wildman–Crippen MR) is 111 cm³/mol. The number of ether oxygens (including phenoxy) is 1. The molecule has 0 saturated carbocycles. The average Bonchev–Trinajstić information content (AvgIpc) is 3.15. The molecule has 0 bridgehead atoms. The lowest BCUT2D eigenvalue weighted by Gasteiger charge is -2.26. The molecule has 3 atom stereocenters. The molecule has 1 fully saturated rings. The van der Waals surface area contributed by atoms with E-state index in [0.717, 1.165) is 17.7 Å². The molecule has 2 aromatic rings. The van der Waals surface area contributed by atoms with E-state index in [-0.39, 0.29) is 30.2 Å². The molecule has 9 heteroatoms. The molecule has 1 aliphatic rings. The molecule has 1 unspecified atom stereocenters. The lowest BCUT2D eigenvalue weighted by atomic mass is 9.85. The molecule has 1 aliphatic heterocycles. The number of benzene rings is 2. The highest BCUT2D eigenvalue weighted by Crippen LogP contribution is 2.39. The number of carbonyl (C=O) groups is 1. The van der Waals surface area contributed by atoms with Crippen LogP contribution < -0.4 is 4.74 Å². The first-order valence-corrected chi connectivity index (χ1v) is 10.1. The van der Waals surface area contributed by atoms with Crippen molar-refractivity contribution in [1.29, 1.82) is 0 Å². The Morgan fingerprint density at radius 2 is 1.83 bits per heavy atom. The second kappa shape index (κ2) is 9.10. The van der Waals surface area contributed by atoms with Crippen molar-refractivity contribution in [3.05, 3.63) is 63.6 Å². The molecule has 30 heavy (non-hydrogen) atoms. The molecule has 3 rings (SSSR count). The van der Waals surface area contributed by atoms with Gasteiger partial charge in [-0.25, -0.2) is 0 Å². The van der Waals surface area contributed by atoms with Gasteiger partial charge in [-0.05, 0) is 55.2 Å². The number of alkyl halides is 3. The summed E-state index contributed by atoms with van der Waals surface area (Å²) in [6.07, 6.45) is -4.89. The van der Waals surface area contributed by atoms with Gasteiger partial charge in [-0.1, -0.05) is 29.3 Å². The van der Waals surface area contributed by atoms with E-state index < -0.39 is 11.7 Å². The maximum Gasteiger partial charge on any atom is 0.416 e. The van der Waals surface area contributed by atoms with E-state index in [4.69, 9.17) is 35.8 Å². The number of hydrogen-bond donors (Lipinski definition) is 0. The van der Waals surface area contributed by atoms with Crippen LogP contribution in [-0.2, 0) is 11.0 Å². The minimum atomic E-state index is -4.41. The van der Waals surface area contributed by atoms with Gasteiger partial charge in [0.25, 0.3) is 0 Å². The van der Waals surface area contributed by atoms with Gasteiger partial charge in [0, 0.05) is 24.9 Å². The second-order valence-electron chi connectivity index (χ2n) is 7.29. The number of likely N-dealkylation sites (tertiary alicyclic amines) is 1. The maximum absolute atomic E-state index is 12.8. The third-order valence-electron chi connectivity index (χ3n) is 5.37. The Balaban J connectivity index is 1.82. The van der Waals surface area contributed by atoms with E-state index in [9.17, 15) is 18.0 Å². The Bertz CT molecular complexity index is 908. The Labute approximate surface area is 184 Å². The summed E-state index contributed by atoms with van der Waals surface area (Å²) in [6.45, 7) is 2.70. The first kappa shape index (κ1) is 22.8. The molecule has 0 spiro atoms. The molecule has 1 heterocycles. The van der Waals surface area contributed by atoms with Crippen molar-refractivity contribution in [2.24, 2.45) is 5.92 Å². The summed E-state index contributed by atoms with van der Waals surface area (Å²) in [5, 5.41) is 0.840. The standard InChI is InChI=1S/C21H19BCl2F3NO2/c1-12(30-15-5-3-14(4-6-15)21(25,26)27)16-10-28(20(29)9-22)11-17(16)13-2-7-18(23)19(24)8-13/h2-8,12,16-17H,9-11H2,1H3/t12-,16?,17+/m1/s1. The van der Waals surface area contributed by atoms with E-state index in [1.165, 1.54) is 12.1 Å². The molecule has 1 saturated heterocycles. The van der Waals surface area contributed by atoms with Crippen LogP contribution in [0.25, 0.3) is 0 Å². The smallest absolute Gasteiger partial charge is 0.416 e. The van der Waals surface area contributed by atoms with Crippen LogP contribution in [0, 0.1) is 5.92 Å². The van der Waals surface area contributed by atoms with Gasteiger partial charge in [0.2, 0.25) is 5.91 Å². The number of halogens is 5. The summed E-state index contributed by atoms with van der Waals surface area (Å²) in [5.74, 6) is -0.0453. The van der Waals surface area contributed by atoms with Crippen LogP contribution in [0.2, 0.25) is 16.4 Å². The number of hydrogen-bond acceptors (Lipinski definition) is 2. The van der Waals surface area contributed by atoms with Gasteiger partial charge in [-0.2, -0.15) is 13.2 Å². The first-order valence-electron chi connectivity index (χ1n) is 9.37. The van der Waals surface area contributed by atoms with E-state index in [1.54, 1.807) is 17.0 Å². The van der Waals surface area contributed by atoms with Crippen molar-refractivity contribution in [3.8, 4) is 5.75 Å². The van der Waals surface area contributed by atoms with Crippen LogP contribution in [0.1, 0.15) is 24.0 Å². The van der Waals surface area contributed by atoms with Crippen LogP contribution >= 0.6 is 23.2 Å². The van der Waals surface area contributed by atoms with Gasteiger partial charge < -0.3 is 9.64 Å². The fraction of sp³-hybridized carbons (Fsp3) is 0.381. The first-order chi connectivity index (χ1) is 14.1. The van der Waals surface area contributed by atoms with Gasteiger partial charge in [0.15, 0.2) is 0 Å². The summed E-state index contributed by atoms with van der Waals surface area (Å²) < 4.78 is 44.3. The molecule has 3 nitrogen and oxygen atoms in total. The number of rotatable bonds is 5. The molecule has 0 aromatic heterocycles. The van der Waals surface area contributed by atoms with E-state index in [2.05, 4.69) is 0 Å². The highest BCUT2D eigenvalue weighted by Gasteiger charge is 2.40. The largest absolute Gasteiger partial charge is 0.490 e. The highest BCUT2D eigenvalue weighted by molar-refractivity contribution is 6.42. The minimum Gasteiger partial charge on any atom is -0.490 e. The Morgan fingerprint density at radius 3 is 2.40 bits per heavy atom. The monoisotopic (exact) mass is 455 g/mol. The normalized spacial score (nSPS) is 20.3. The van der Waals surface area contributed by atoms with Gasteiger partial charge in [0.1, 0.15) is 11.9 Å². The zero-order valence-corrected chi connectivity index (χ0v) is 17.6. The summed E-state index contributed by atoms with van der Waals surface area (Å²) >= 11 is 12.2. The SMILES string of the molecule is [B]CC(=O)N1CC([C@@H](C)Oc2ccc(C(F)(F)F)cc2)[C@H](c2ccc(Cl)c(Cl)c2)C1. The summed E-state index contributed by atoms with van der Waals surface area (Å²) in [7, 11) is 5.52. The molecular weight excluding hydrogens is 437 g/mol. The summed E-state index contributed by atoms with van der Waals surface area (Å²) in [4.78, 5) is 13.8. The van der Waals surface area contributed by atoms with Crippen LogP contribution in [0.4, 0.5) is 13.2 Å². The average molecular weight is 456 g/mol. The third kappa shape index (κ3) is 5.06. The molecular formula is C21H19BCl2F3NO2. The lowest BCUT2D eigenvalue weighted by Crippen LogP contribution is -2.32. The van der Waals surface area contributed by atoms with Gasteiger partial charge in [0.05, 0.1) is 23.5 Å². The highest BCUT2D eigenvalue weighted by atomic mass is 35.5. The fourth-order valence-corrected chi connectivity index (χ4v) is 4.06. The second-order valence-corrected chi connectivity index (χ2v) is 8.11. The van der Waals surface area contributed by atoms with Crippen LogP contribution in [0.3, 0.4) is 0 Å². The summed E-state index contributed by atoms with van der Waals surface area (Å²) in [6, 6.07) is 9.88. The van der Waals surface area contributed by atoms with Crippen molar-refractivity contribution < 1.29 is 22.7 Å². The molecule has 0 N–H and O–H groups in total. The third-order valence-corrected chi connectivity index (χ3v) is 6.11. The van der Waals surface area contributed by atoms with Crippen molar-refractivity contribution in [1.82, 2.24) is 4.90 Å². The number of amides is 1. The van der Waals surface area contributed by atoms with Crippen molar-refractivity contribution in [2.45, 2.75) is 31.4 Å². The molecule has 1 amide bonds. The maximum atomic E-state index is 12.8. The zero-order valence-electron chi connectivity index (χ0n) is 16.1. The zero-order chi connectivity index (χ0) is 22.1. The van der Waals surface area contributed by atoms with Gasteiger partial charge in [-0.15, -0.1) is 0 Å². The van der Waals surface area contributed by atoms with Crippen molar-refractivity contribution >= 4 is 37.0 Å². The van der Waals surface area contributed by atoms with Crippen LogP contribution in [0.5, 0.6) is 5.75 Å². The van der Waals surface area contributed by atoms with Gasteiger partial charge >= 0.3 is 6.18 Å². The topological polar surface area (TPSA) is 29.5 Å². The van der Waals surface area contributed by atoms with E-state index >= 15 is 0 Å². The van der Waals surface area contributed by atoms with Crippen LogP contribution in [-0.4, -0.2) is 37.8 Å². The number of nitrogens with zero attached hydrogens (tertiary/aromatic N) is 1. The Morgan fingerprint density at radius 1 is 1.17 bits per heavy atom. The number of carbonyl (C=O) groups excluding carboxylic acids is 1. The molecule has 0 aliphatic carbocycles. The van der Waals surface area contributed by atoms with E-state index in [0.29, 0.717) is 28.9 Å². The molecule has 2 radical (unpaired) electrons. The Hall–Kier alpha value is -1.86.